The lowest BCUT2D eigenvalue weighted by Gasteiger charge is -2.29. The average molecular weight is 417 g/mol. The molecule has 7 heteroatoms. The predicted octanol–water partition coefficient (Wildman–Crippen LogP) is 3.22. The van der Waals surface area contributed by atoms with E-state index in [0.717, 1.165) is 24.2 Å². The molecule has 6 nitrogen and oxygen atoms in total. The van der Waals surface area contributed by atoms with Gasteiger partial charge in [-0.1, -0.05) is 19.1 Å². The molecule has 1 fully saturated rings. The van der Waals surface area contributed by atoms with Gasteiger partial charge < -0.3 is 10.1 Å². The van der Waals surface area contributed by atoms with Gasteiger partial charge in [-0.15, -0.1) is 0 Å². The highest BCUT2D eigenvalue weighted by molar-refractivity contribution is 7.89. The van der Waals surface area contributed by atoms with Crippen LogP contribution in [0.2, 0.25) is 0 Å². The summed E-state index contributed by atoms with van der Waals surface area (Å²) in [6.45, 7) is 5.95. The van der Waals surface area contributed by atoms with E-state index in [4.69, 9.17) is 4.74 Å². The molecule has 0 spiro atoms. The maximum Gasteiger partial charge on any atom is 0.251 e. The van der Waals surface area contributed by atoms with Crippen molar-refractivity contribution in [1.82, 2.24) is 9.62 Å². The summed E-state index contributed by atoms with van der Waals surface area (Å²) in [4.78, 5) is 12.5. The van der Waals surface area contributed by atoms with Gasteiger partial charge in [0.05, 0.1) is 11.4 Å². The van der Waals surface area contributed by atoms with Gasteiger partial charge in [0, 0.05) is 18.7 Å². The van der Waals surface area contributed by atoms with Crippen LogP contribution in [0.25, 0.3) is 0 Å². The Bertz CT molecular complexity index is 934. The van der Waals surface area contributed by atoms with E-state index in [1.165, 1.54) is 16.4 Å². The van der Waals surface area contributed by atoms with Gasteiger partial charge in [0.1, 0.15) is 12.4 Å². The van der Waals surface area contributed by atoms with E-state index < -0.39 is 10.0 Å². The summed E-state index contributed by atoms with van der Waals surface area (Å²) < 4.78 is 32.7. The first-order chi connectivity index (χ1) is 13.9. The summed E-state index contributed by atoms with van der Waals surface area (Å²) in [5.74, 6) is 1.07. The quantitative estimate of drug-likeness (QED) is 0.703. The number of amides is 1. The van der Waals surface area contributed by atoms with E-state index in [0.29, 0.717) is 37.7 Å². The molecule has 1 heterocycles. The number of nitrogens with zero attached hydrogens (tertiary/aromatic N) is 1. The SMILES string of the molecule is Cc1cccc(OCCNC(=O)c2ccc(S(=O)(=O)N3CCC(C)CC3)cc2)c1. The second kappa shape index (κ2) is 9.41. The molecular weight excluding hydrogens is 388 g/mol. The van der Waals surface area contributed by atoms with E-state index in [1.807, 2.05) is 31.2 Å². The second-order valence-electron chi connectivity index (χ2n) is 7.53. The number of hydrogen-bond donors (Lipinski definition) is 1. The summed E-state index contributed by atoms with van der Waals surface area (Å²) in [6, 6.07) is 13.8. The molecule has 2 aromatic rings. The van der Waals surface area contributed by atoms with Crippen LogP contribution in [0.3, 0.4) is 0 Å². The minimum atomic E-state index is -3.50. The smallest absolute Gasteiger partial charge is 0.251 e. The van der Waals surface area contributed by atoms with Crippen LogP contribution >= 0.6 is 0 Å². The Morgan fingerprint density at radius 2 is 1.83 bits per heavy atom. The van der Waals surface area contributed by atoms with Crippen molar-refractivity contribution in [1.29, 1.82) is 0 Å². The minimum absolute atomic E-state index is 0.228. The van der Waals surface area contributed by atoms with E-state index >= 15 is 0 Å². The van der Waals surface area contributed by atoms with Gasteiger partial charge in [-0.25, -0.2) is 8.42 Å². The normalized spacial score (nSPS) is 15.8. The highest BCUT2D eigenvalue weighted by Crippen LogP contribution is 2.23. The number of hydrogen-bond acceptors (Lipinski definition) is 4. The zero-order valence-corrected chi connectivity index (χ0v) is 17.7. The summed E-state index contributed by atoms with van der Waals surface area (Å²) >= 11 is 0. The van der Waals surface area contributed by atoms with Gasteiger partial charge in [0.15, 0.2) is 0 Å². The molecule has 0 aliphatic carbocycles. The molecule has 0 saturated carbocycles. The molecule has 1 aliphatic heterocycles. The molecule has 1 amide bonds. The Morgan fingerprint density at radius 1 is 1.14 bits per heavy atom. The lowest BCUT2D eigenvalue weighted by atomic mass is 10.0. The minimum Gasteiger partial charge on any atom is -0.492 e. The van der Waals surface area contributed by atoms with Crippen molar-refractivity contribution in [3.05, 3.63) is 59.7 Å². The topological polar surface area (TPSA) is 75.7 Å². The van der Waals surface area contributed by atoms with Gasteiger partial charge >= 0.3 is 0 Å². The lowest BCUT2D eigenvalue weighted by Crippen LogP contribution is -2.37. The van der Waals surface area contributed by atoms with Crippen LogP contribution in [0.15, 0.2) is 53.4 Å². The first-order valence-electron chi connectivity index (χ1n) is 9.94. The Balaban J connectivity index is 1.52. The van der Waals surface area contributed by atoms with Crippen molar-refractivity contribution in [2.24, 2.45) is 5.92 Å². The Morgan fingerprint density at radius 3 is 2.48 bits per heavy atom. The fourth-order valence-electron chi connectivity index (χ4n) is 3.29. The maximum atomic E-state index is 12.8. The van der Waals surface area contributed by atoms with Crippen LogP contribution < -0.4 is 10.1 Å². The van der Waals surface area contributed by atoms with Crippen LogP contribution in [-0.4, -0.2) is 44.9 Å². The molecule has 29 heavy (non-hydrogen) atoms. The highest BCUT2D eigenvalue weighted by Gasteiger charge is 2.28. The summed E-state index contributed by atoms with van der Waals surface area (Å²) in [5.41, 5.74) is 1.53. The molecule has 156 valence electrons. The second-order valence-corrected chi connectivity index (χ2v) is 9.47. The van der Waals surface area contributed by atoms with Crippen molar-refractivity contribution >= 4 is 15.9 Å². The zero-order valence-electron chi connectivity index (χ0n) is 16.9. The van der Waals surface area contributed by atoms with E-state index in [-0.39, 0.29) is 10.8 Å². The largest absolute Gasteiger partial charge is 0.492 e. The Kier molecular flexibility index (Phi) is 6.92. The van der Waals surface area contributed by atoms with E-state index in [1.54, 1.807) is 12.1 Å². The highest BCUT2D eigenvalue weighted by atomic mass is 32.2. The fourth-order valence-corrected chi connectivity index (χ4v) is 4.76. The van der Waals surface area contributed by atoms with Crippen molar-refractivity contribution in [3.8, 4) is 5.75 Å². The number of carbonyl (C=O) groups excluding carboxylic acids is 1. The lowest BCUT2D eigenvalue weighted by molar-refractivity contribution is 0.0947. The molecule has 1 aliphatic rings. The summed E-state index contributed by atoms with van der Waals surface area (Å²) in [6.07, 6.45) is 1.76. The standard InChI is InChI=1S/C22H28N2O4S/c1-17-10-13-24(14-11-17)29(26,27)21-8-6-19(7-9-21)22(25)23-12-15-28-20-5-3-4-18(2)16-20/h3-9,16-17H,10-15H2,1-2H3,(H,23,25). The van der Waals surface area contributed by atoms with Crippen LogP contribution in [0, 0.1) is 12.8 Å². The van der Waals surface area contributed by atoms with Gasteiger partial charge in [-0.3, -0.25) is 4.79 Å². The third-order valence-corrected chi connectivity index (χ3v) is 7.06. The number of aryl methyl sites for hydroxylation is 1. The van der Waals surface area contributed by atoms with Gasteiger partial charge in [-0.2, -0.15) is 4.31 Å². The maximum absolute atomic E-state index is 12.8. The zero-order chi connectivity index (χ0) is 20.9. The van der Waals surface area contributed by atoms with Crippen LogP contribution in [0.4, 0.5) is 0 Å². The Labute approximate surface area is 172 Å². The van der Waals surface area contributed by atoms with E-state index in [2.05, 4.69) is 12.2 Å². The van der Waals surface area contributed by atoms with Gasteiger partial charge in [-0.05, 0) is 67.6 Å². The van der Waals surface area contributed by atoms with E-state index in [9.17, 15) is 13.2 Å². The molecule has 0 radical (unpaired) electrons. The molecule has 0 bridgehead atoms. The van der Waals surface area contributed by atoms with Crippen molar-refractivity contribution in [2.75, 3.05) is 26.2 Å². The average Bonchev–Trinajstić information content (AvgIpc) is 2.71. The van der Waals surface area contributed by atoms with Crippen LogP contribution in [-0.2, 0) is 10.0 Å². The van der Waals surface area contributed by atoms with Crippen molar-refractivity contribution in [2.45, 2.75) is 31.6 Å². The monoisotopic (exact) mass is 416 g/mol. The van der Waals surface area contributed by atoms with Crippen molar-refractivity contribution < 1.29 is 17.9 Å². The number of sulfonamides is 1. The molecule has 0 aromatic heterocycles. The van der Waals surface area contributed by atoms with Crippen LogP contribution in [0.5, 0.6) is 5.75 Å². The predicted molar refractivity (Wildman–Crippen MR) is 113 cm³/mol. The number of ether oxygens (including phenoxy) is 1. The fraction of sp³-hybridized carbons (Fsp3) is 0.409. The summed E-state index contributed by atoms with van der Waals surface area (Å²) in [5, 5.41) is 2.79. The molecule has 0 unspecified atom stereocenters. The Hall–Kier alpha value is -2.38. The van der Waals surface area contributed by atoms with Crippen LogP contribution in [0.1, 0.15) is 35.7 Å². The molecule has 2 aromatic carbocycles. The van der Waals surface area contributed by atoms with Crippen molar-refractivity contribution in [3.63, 3.8) is 0 Å². The molecule has 1 N–H and O–H groups in total. The third kappa shape index (κ3) is 5.58. The number of piperidine rings is 1. The van der Waals surface area contributed by atoms with Gasteiger partial charge in [0.2, 0.25) is 10.0 Å². The first-order valence-corrected chi connectivity index (χ1v) is 11.4. The number of benzene rings is 2. The molecular formula is C22H28N2O4S. The third-order valence-electron chi connectivity index (χ3n) is 5.14. The number of nitrogens with one attached hydrogen (secondary N) is 1. The van der Waals surface area contributed by atoms with Gasteiger partial charge in [0.25, 0.3) is 5.91 Å². The molecule has 3 rings (SSSR count). The first kappa shape index (κ1) is 21.3. The number of carbonyl (C=O) groups is 1. The molecule has 0 atom stereocenters. The summed E-state index contributed by atoms with van der Waals surface area (Å²) in [7, 11) is -3.50. The number of rotatable bonds is 7. The molecule has 1 saturated heterocycles.